The van der Waals surface area contributed by atoms with Crippen molar-refractivity contribution < 1.29 is 28.6 Å². The van der Waals surface area contributed by atoms with Gasteiger partial charge in [0.2, 0.25) is 0 Å². The van der Waals surface area contributed by atoms with Gasteiger partial charge >= 0.3 is 17.9 Å². The highest BCUT2D eigenvalue weighted by atomic mass is 16.6. The molecule has 0 heterocycles. The fourth-order valence-corrected chi connectivity index (χ4v) is 7.24. The van der Waals surface area contributed by atoms with Gasteiger partial charge in [-0.1, -0.05) is 209 Å². The van der Waals surface area contributed by atoms with Crippen LogP contribution >= 0.6 is 0 Å². The topological polar surface area (TPSA) is 78.9 Å². The number of unbranched alkanes of at least 4 members (excludes halogenated alkanes) is 24. The molecule has 0 aromatic carbocycles. The van der Waals surface area contributed by atoms with Crippen molar-refractivity contribution in [3.8, 4) is 0 Å². The Labute approximate surface area is 401 Å². The number of allylic oxidation sites excluding steroid dienone is 14. The second-order valence-corrected chi connectivity index (χ2v) is 17.8. The number of hydrogen-bond acceptors (Lipinski definition) is 6. The molecule has 0 N–H and O–H groups in total. The lowest BCUT2D eigenvalue weighted by atomic mass is 10.1. The van der Waals surface area contributed by atoms with Crippen LogP contribution in [0.4, 0.5) is 0 Å². The molecule has 1 atom stereocenters. The maximum absolute atomic E-state index is 12.8. The van der Waals surface area contributed by atoms with E-state index in [1.807, 2.05) is 0 Å². The van der Waals surface area contributed by atoms with Gasteiger partial charge in [0.05, 0.1) is 0 Å². The predicted octanol–water partition coefficient (Wildman–Crippen LogP) is 18.0. The van der Waals surface area contributed by atoms with Crippen molar-refractivity contribution in [2.24, 2.45) is 0 Å². The molecule has 0 saturated heterocycles. The molecular formula is C59H100O6. The lowest BCUT2D eigenvalue weighted by molar-refractivity contribution is -0.167. The summed E-state index contributed by atoms with van der Waals surface area (Å²) in [5.41, 5.74) is 0. The normalized spacial score (nSPS) is 12.7. The maximum atomic E-state index is 12.8. The molecule has 0 spiro atoms. The maximum Gasteiger partial charge on any atom is 0.306 e. The van der Waals surface area contributed by atoms with E-state index in [9.17, 15) is 14.4 Å². The molecule has 0 aliphatic heterocycles. The van der Waals surface area contributed by atoms with Gasteiger partial charge in [-0.2, -0.15) is 0 Å². The summed E-state index contributed by atoms with van der Waals surface area (Å²) in [7, 11) is 0. The quantitative estimate of drug-likeness (QED) is 0.0199. The van der Waals surface area contributed by atoms with Crippen molar-refractivity contribution in [2.45, 2.75) is 258 Å². The van der Waals surface area contributed by atoms with E-state index in [-0.39, 0.29) is 37.5 Å². The zero-order valence-corrected chi connectivity index (χ0v) is 42.5. The van der Waals surface area contributed by atoms with E-state index in [0.717, 1.165) is 77.0 Å². The Bertz CT molecular complexity index is 1270. The van der Waals surface area contributed by atoms with Gasteiger partial charge in [0.1, 0.15) is 13.2 Å². The summed E-state index contributed by atoms with van der Waals surface area (Å²) < 4.78 is 16.8. The fourth-order valence-electron chi connectivity index (χ4n) is 7.24. The van der Waals surface area contributed by atoms with Gasteiger partial charge in [0, 0.05) is 19.3 Å². The van der Waals surface area contributed by atoms with Gasteiger partial charge in [-0.25, -0.2) is 0 Å². The van der Waals surface area contributed by atoms with Crippen LogP contribution < -0.4 is 0 Å². The number of hydrogen-bond donors (Lipinski definition) is 0. The van der Waals surface area contributed by atoms with E-state index in [4.69, 9.17) is 14.2 Å². The van der Waals surface area contributed by atoms with Crippen LogP contribution in [0.3, 0.4) is 0 Å². The third-order valence-corrected chi connectivity index (χ3v) is 11.4. The first-order valence-corrected chi connectivity index (χ1v) is 27.1. The molecule has 65 heavy (non-hydrogen) atoms. The second kappa shape index (κ2) is 53.2. The summed E-state index contributed by atoms with van der Waals surface area (Å²) in [6, 6.07) is 0. The van der Waals surface area contributed by atoms with Crippen molar-refractivity contribution in [1.82, 2.24) is 0 Å². The Balaban J connectivity index is 4.50. The Morgan fingerprint density at radius 2 is 0.615 bits per heavy atom. The molecule has 0 radical (unpaired) electrons. The van der Waals surface area contributed by atoms with Crippen LogP contribution in [0, 0.1) is 0 Å². The Morgan fingerprint density at radius 1 is 0.323 bits per heavy atom. The summed E-state index contributed by atoms with van der Waals surface area (Å²) in [5, 5.41) is 0. The first-order valence-electron chi connectivity index (χ1n) is 27.1. The zero-order chi connectivity index (χ0) is 47.2. The molecule has 6 heteroatoms. The number of esters is 3. The van der Waals surface area contributed by atoms with Crippen molar-refractivity contribution in [2.75, 3.05) is 13.2 Å². The molecule has 0 bridgehead atoms. The molecule has 0 aliphatic carbocycles. The highest BCUT2D eigenvalue weighted by Gasteiger charge is 2.19. The molecule has 0 rings (SSSR count). The first kappa shape index (κ1) is 61.6. The molecule has 0 saturated carbocycles. The van der Waals surface area contributed by atoms with E-state index in [2.05, 4.69) is 106 Å². The number of carbonyl (C=O) groups excluding carboxylic acids is 3. The number of ether oxygens (including phenoxy) is 3. The van der Waals surface area contributed by atoms with Crippen molar-refractivity contribution in [3.63, 3.8) is 0 Å². The van der Waals surface area contributed by atoms with E-state index in [1.165, 1.54) is 128 Å². The van der Waals surface area contributed by atoms with Crippen molar-refractivity contribution >= 4 is 17.9 Å². The van der Waals surface area contributed by atoms with E-state index in [1.54, 1.807) is 0 Å². The monoisotopic (exact) mass is 905 g/mol. The highest BCUT2D eigenvalue weighted by Crippen LogP contribution is 2.14. The molecule has 0 aromatic heterocycles. The fraction of sp³-hybridized carbons (Fsp3) is 0.712. The summed E-state index contributed by atoms with van der Waals surface area (Å²) >= 11 is 0. The summed E-state index contributed by atoms with van der Waals surface area (Å²) in [6.45, 7) is 6.51. The summed E-state index contributed by atoms with van der Waals surface area (Å²) in [6.07, 6.45) is 68.5. The standard InChI is InChI=1S/C59H100O6/c1-4-7-10-13-16-19-22-25-28-29-32-34-37-40-43-46-49-52-58(61)64-55-56(65-59(62)53-50-47-44-41-38-35-31-27-24-21-18-15-12-9-6-3)54-63-57(60)51-48-45-42-39-36-33-30-26-23-20-17-14-11-8-5-2/h16,18-21,23-25,27-28,32,34,40,43,56H,4-15,17,22,26,29-31,33,35-39,41-42,44-55H2,1-3H3/b19-16-,21-18-,23-20-,27-24-,28-25-,34-32-,43-40-. The largest absolute Gasteiger partial charge is 0.462 e. The summed E-state index contributed by atoms with van der Waals surface area (Å²) in [4.78, 5) is 38.0. The van der Waals surface area contributed by atoms with Crippen LogP contribution in [-0.4, -0.2) is 37.2 Å². The second-order valence-electron chi connectivity index (χ2n) is 17.8. The number of rotatable bonds is 48. The molecule has 0 aromatic rings. The van der Waals surface area contributed by atoms with E-state index < -0.39 is 6.10 Å². The van der Waals surface area contributed by atoms with Crippen LogP contribution in [0.2, 0.25) is 0 Å². The molecule has 0 fully saturated rings. The molecule has 0 aliphatic rings. The third-order valence-electron chi connectivity index (χ3n) is 11.4. The SMILES string of the molecule is CCCCC/C=C\C=C/CCCCCCCCC(=O)OC(COC(=O)CCC/C=C\C/C=C\C/C=C\C/C=C\CCCCC)COC(=O)CCCCCCCCC/C=C\CCCCCC. The van der Waals surface area contributed by atoms with Gasteiger partial charge in [-0.15, -0.1) is 0 Å². The van der Waals surface area contributed by atoms with Crippen molar-refractivity contribution in [3.05, 3.63) is 85.1 Å². The smallest absolute Gasteiger partial charge is 0.306 e. The lowest BCUT2D eigenvalue weighted by Gasteiger charge is -2.18. The van der Waals surface area contributed by atoms with Crippen LogP contribution in [0.25, 0.3) is 0 Å². The minimum Gasteiger partial charge on any atom is -0.462 e. The Hall–Kier alpha value is -3.41. The first-order chi connectivity index (χ1) is 32.0. The van der Waals surface area contributed by atoms with Crippen LogP contribution in [0.15, 0.2) is 85.1 Å². The van der Waals surface area contributed by atoms with Crippen LogP contribution in [0.5, 0.6) is 0 Å². The van der Waals surface area contributed by atoms with E-state index in [0.29, 0.717) is 19.3 Å². The van der Waals surface area contributed by atoms with Crippen LogP contribution in [0.1, 0.15) is 252 Å². The number of carbonyl (C=O) groups is 3. The summed E-state index contributed by atoms with van der Waals surface area (Å²) in [5.74, 6) is -0.974. The van der Waals surface area contributed by atoms with Gasteiger partial charge in [-0.3, -0.25) is 14.4 Å². The van der Waals surface area contributed by atoms with Gasteiger partial charge in [-0.05, 0) is 109 Å². The molecule has 1 unspecified atom stereocenters. The highest BCUT2D eigenvalue weighted by molar-refractivity contribution is 5.71. The minimum absolute atomic E-state index is 0.101. The predicted molar refractivity (Wildman–Crippen MR) is 279 cm³/mol. The molecule has 0 amide bonds. The van der Waals surface area contributed by atoms with E-state index >= 15 is 0 Å². The average Bonchev–Trinajstić information content (AvgIpc) is 3.30. The van der Waals surface area contributed by atoms with Gasteiger partial charge in [0.25, 0.3) is 0 Å². The van der Waals surface area contributed by atoms with Gasteiger partial charge in [0.15, 0.2) is 6.10 Å². The molecule has 372 valence electrons. The zero-order valence-electron chi connectivity index (χ0n) is 42.5. The average molecular weight is 905 g/mol. The Kier molecular flexibility index (Phi) is 50.4. The van der Waals surface area contributed by atoms with Crippen molar-refractivity contribution in [1.29, 1.82) is 0 Å². The molecular weight excluding hydrogens is 805 g/mol. The van der Waals surface area contributed by atoms with Gasteiger partial charge < -0.3 is 14.2 Å². The lowest BCUT2D eigenvalue weighted by Crippen LogP contribution is -2.30. The van der Waals surface area contributed by atoms with Crippen LogP contribution in [-0.2, 0) is 28.6 Å². The molecule has 6 nitrogen and oxygen atoms in total. The third kappa shape index (κ3) is 51.4. The minimum atomic E-state index is -0.806. The Morgan fingerprint density at radius 3 is 1.06 bits per heavy atom.